The van der Waals surface area contributed by atoms with Crippen LogP contribution in [0.5, 0.6) is 5.75 Å². The molecule has 0 aromatic heterocycles. The fourth-order valence-corrected chi connectivity index (χ4v) is 3.26. The molecule has 0 radical (unpaired) electrons. The smallest absolute Gasteiger partial charge is 0.241 e. The van der Waals surface area contributed by atoms with E-state index in [0.29, 0.717) is 12.3 Å². The number of amides is 1. The lowest BCUT2D eigenvalue weighted by Gasteiger charge is -2.11. The van der Waals surface area contributed by atoms with Crippen molar-refractivity contribution in [3.05, 3.63) is 59.7 Å². The number of hydrogen-bond donors (Lipinski definition) is 2. The lowest BCUT2D eigenvalue weighted by molar-refractivity contribution is -0.120. The van der Waals surface area contributed by atoms with Gasteiger partial charge in [0.05, 0.1) is 17.5 Å². The van der Waals surface area contributed by atoms with E-state index in [0.717, 1.165) is 11.1 Å². The molecule has 0 aliphatic rings. The Balaban J connectivity index is 1.88. The molecule has 0 spiro atoms. The maximum Gasteiger partial charge on any atom is 0.241 e. The van der Waals surface area contributed by atoms with Gasteiger partial charge in [-0.3, -0.25) is 4.79 Å². The second kappa shape index (κ2) is 8.82. The van der Waals surface area contributed by atoms with Crippen molar-refractivity contribution in [3.63, 3.8) is 0 Å². The number of nitrogens with one attached hydrogen (secondary N) is 2. The Morgan fingerprint density at radius 2 is 1.73 bits per heavy atom. The standard InChI is InChI=1S/C19H24N2O4S/c1-14(2)25-17-8-10-18(11-9-17)26(23,24)21-13-19(22)20-12-16-7-5-4-6-15(16)3/h4-11,14,21H,12-13H2,1-3H3,(H,20,22). The summed E-state index contributed by atoms with van der Waals surface area (Å²) in [5.41, 5.74) is 2.06. The Kier molecular flexibility index (Phi) is 6.76. The van der Waals surface area contributed by atoms with Gasteiger partial charge in [-0.25, -0.2) is 13.1 Å². The number of ether oxygens (including phenoxy) is 1. The van der Waals surface area contributed by atoms with Gasteiger partial charge >= 0.3 is 0 Å². The molecule has 140 valence electrons. The van der Waals surface area contributed by atoms with Gasteiger partial charge in [-0.15, -0.1) is 0 Å². The maximum absolute atomic E-state index is 12.3. The Labute approximate surface area is 154 Å². The predicted molar refractivity (Wildman–Crippen MR) is 100 cm³/mol. The minimum atomic E-state index is -3.76. The van der Waals surface area contributed by atoms with Crippen LogP contribution in [-0.2, 0) is 21.4 Å². The summed E-state index contributed by atoms with van der Waals surface area (Å²) >= 11 is 0. The van der Waals surface area contributed by atoms with E-state index in [1.165, 1.54) is 12.1 Å². The first-order valence-corrected chi connectivity index (χ1v) is 9.84. The van der Waals surface area contributed by atoms with Crippen molar-refractivity contribution in [2.24, 2.45) is 0 Å². The zero-order valence-corrected chi connectivity index (χ0v) is 16.0. The molecule has 6 nitrogen and oxygen atoms in total. The number of rotatable bonds is 8. The molecule has 0 saturated heterocycles. The van der Waals surface area contributed by atoms with Crippen LogP contribution in [-0.4, -0.2) is 27.0 Å². The van der Waals surface area contributed by atoms with E-state index < -0.39 is 15.9 Å². The van der Waals surface area contributed by atoms with Crippen LogP contribution in [0.25, 0.3) is 0 Å². The largest absolute Gasteiger partial charge is 0.491 e. The van der Waals surface area contributed by atoms with Gasteiger partial charge in [0.2, 0.25) is 15.9 Å². The van der Waals surface area contributed by atoms with Crippen molar-refractivity contribution < 1.29 is 17.9 Å². The molecule has 0 atom stereocenters. The highest BCUT2D eigenvalue weighted by molar-refractivity contribution is 7.89. The molecule has 26 heavy (non-hydrogen) atoms. The number of benzene rings is 2. The second-order valence-electron chi connectivity index (χ2n) is 6.17. The number of carbonyl (C=O) groups is 1. The van der Waals surface area contributed by atoms with Gasteiger partial charge in [0.15, 0.2) is 0 Å². The highest BCUT2D eigenvalue weighted by Gasteiger charge is 2.15. The van der Waals surface area contributed by atoms with Crippen molar-refractivity contribution in [1.82, 2.24) is 10.0 Å². The molecule has 1 amide bonds. The number of aryl methyl sites for hydroxylation is 1. The minimum Gasteiger partial charge on any atom is -0.491 e. The van der Waals surface area contributed by atoms with Crippen LogP contribution in [0.15, 0.2) is 53.4 Å². The third-order valence-corrected chi connectivity index (χ3v) is 5.08. The van der Waals surface area contributed by atoms with E-state index >= 15 is 0 Å². The van der Waals surface area contributed by atoms with Crippen LogP contribution < -0.4 is 14.8 Å². The zero-order chi connectivity index (χ0) is 19.2. The van der Waals surface area contributed by atoms with Crippen molar-refractivity contribution in [3.8, 4) is 5.75 Å². The topological polar surface area (TPSA) is 84.5 Å². The van der Waals surface area contributed by atoms with Crippen LogP contribution >= 0.6 is 0 Å². The number of carbonyl (C=O) groups excluding carboxylic acids is 1. The third-order valence-electron chi connectivity index (χ3n) is 3.67. The summed E-state index contributed by atoms with van der Waals surface area (Å²) in [6, 6.07) is 13.8. The zero-order valence-electron chi connectivity index (χ0n) is 15.2. The van der Waals surface area contributed by atoms with Crippen LogP contribution in [0, 0.1) is 6.92 Å². The van der Waals surface area contributed by atoms with Crippen LogP contribution in [0.4, 0.5) is 0 Å². The molecule has 2 aromatic carbocycles. The summed E-state index contributed by atoms with van der Waals surface area (Å²) in [5, 5.41) is 2.71. The van der Waals surface area contributed by atoms with Crippen molar-refractivity contribution in [2.45, 2.75) is 38.3 Å². The van der Waals surface area contributed by atoms with Crippen LogP contribution in [0.2, 0.25) is 0 Å². The van der Waals surface area contributed by atoms with Crippen molar-refractivity contribution >= 4 is 15.9 Å². The SMILES string of the molecule is Cc1ccccc1CNC(=O)CNS(=O)(=O)c1ccc(OC(C)C)cc1. The average Bonchev–Trinajstić information content (AvgIpc) is 2.59. The molecule has 0 fully saturated rings. The summed E-state index contributed by atoms with van der Waals surface area (Å²) in [5.74, 6) is 0.200. The highest BCUT2D eigenvalue weighted by Crippen LogP contribution is 2.16. The third kappa shape index (κ3) is 5.86. The van der Waals surface area contributed by atoms with E-state index in [-0.39, 0.29) is 17.5 Å². The quantitative estimate of drug-likeness (QED) is 0.741. The highest BCUT2D eigenvalue weighted by atomic mass is 32.2. The molecule has 0 aliphatic heterocycles. The minimum absolute atomic E-state index is 0.00697. The molecule has 7 heteroatoms. The normalized spacial score (nSPS) is 11.4. The van der Waals surface area contributed by atoms with Gasteiger partial charge in [-0.2, -0.15) is 0 Å². The fourth-order valence-electron chi connectivity index (χ4n) is 2.28. The van der Waals surface area contributed by atoms with Gasteiger partial charge in [-0.1, -0.05) is 24.3 Å². The van der Waals surface area contributed by atoms with E-state index in [2.05, 4.69) is 10.0 Å². The Bertz CT molecular complexity index is 846. The van der Waals surface area contributed by atoms with Gasteiger partial charge < -0.3 is 10.1 Å². The Hall–Kier alpha value is -2.38. The number of sulfonamides is 1. The summed E-state index contributed by atoms with van der Waals surface area (Å²) in [4.78, 5) is 12.0. The van der Waals surface area contributed by atoms with Gasteiger partial charge in [0.1, 0.15) is 5.75 Å². The van der Waals surface area contributed by atoms with E-state index in [1.807, 2.05) is 45.0 Å². The maximum atomic E-state index is 12.3. The average molecular weight is 376 g/mol. The van der Waals surface area contributed by atoms with Gasteiger partial charge in [-0.05, 0) is 56.2 Å². The molecule has 0 aliphatic carbocycles. The predicted octanol–water partition coefficient (Wildman–Crippen LogP) is 2.38. The molecule has 2 rings (SSSR count). The van der Waals surface area contributed by atoms with Crippen molar-refractivity contribution in [2.75, 3.05) is 6.54 Å². The monoisotopic (exact) mass is 376 g/mol. The summed E-state index contributed by atoms with van der Waals surface area (Å²) in [6.07, 6.45) is 0.00697. The van der Waals surface area contributed by atoms with Crippen LogP contribution in [0.3, 0.4) is 0 Å². The molecule has 2 N–H and O–H groups in total. The van der Waals surface area contributed by atoms with Gasteiger partial charge in [0, 0.05) is 6.54 Å². The molecule has 0 bridgehead atoms. The lowest BCUT2D eigenvalue weighted by Crippen LogP contribution is -2.36. The molecule has 0 unspecified atom stereocenters. The molecular weight excluding hydrogens is 352 g/mol. The Morgan fingerprint density at radius 1 is 1.08 bits per heavy atom. The van der Waals surface area contributed by atoms with Crippen molar-refractivity contribution in [1.29, 1.82) is 0 Å². The molecule has 2 aromatic rings. The summed E-state index contributed by atoms with van der Waals surface area (Å²) in [7, 11) is -3.76. The lowest BCUT2D eigenvalue weighted by atomic mass is 10.1. The van der Waals surface area contributed by atoms with E-state index in [1.54, 1.807) is 12.1 Å². The van der Waals surface area contributed by atoms with E-state index in [9.17, 15) is 13.2 Å². The molecular formula is C19H24N2O4S. The van der Waals surface area contributed by atoms with Gasteiger partial charge in [0.25, 0.3) is 0 Å². The molecule has 0 saturated carbocycles. The van der Waals surface area contributed by atoms with Crippen LogP contribution in [0.1, 0.15) is 25.0 Å². The second-order valence-corrected chi connectivity index (χ2v) is 7.93. The fraction of sp³-hybridized carbons (Fsp3) is 0.316. The first kappa shape index (κ1) is 19.9. The summed E-state index contributed by atoms with van der Waals surface area (Å²) < 4.78 is 32.3. The Morgan fingerprint density at radius 3 is 2.35 bits per heavy atom. The molecule has 0 heterocycles. The first-order chi connectivity index (χ1) is 12.3. The first-order valence-electron chi connectivity index (χ1n) is 8.35. The van der Waals surface area contributed by atoms with E-state index in [4.69, 9.17) is 4.74 Å². The number of hydrogen-bond acceptors (Lipinski definition) is 4. The summed E-state index contributed by atoms with van der Waals surface area (Å²) in [6.45, 7) is 5.77.